The standard InChI is InChI=1S/C10H15ClN2O2S/c1-3-16-5-4-7(2)13-9(14)6-8(11)12-10(13)15/h6-7H,3-5H2,1-2H3,(H,12,15). The Balaban J connectivity index is 2.87. The number of aromatic amines is 1. The minimum Gasteiger partial charge on any atom is -0.298 e. The Labute approximate surface area is 103 Å². The fourth-order valence-electron chi connectivity index (χ4n) is 1.42. The summed E-state index contributed by atoms with van der Waals surface area (Å²) < 4.78 is 1.21. The number of nitrogens with zero attached hydrogens (tertiary/aromatic N) is 1. The first-order valence-corrected chi connectivity index (χ1v) is 6.68. The summed E-state index contributed by atoms with van der Waals surface area (Å²) in [7, 11) is 0. The molecule has 0 spiro atoms. The van der Waals surface area contributed by atoms with Gasteiger partial charge in [-0.3, -0.25) is 14.3 Å². The van der Waals surface area contributed by atoms with Crippen LogP contribution < -0.4 is 11.2 Å². The van der Waals surface area contributed by atoms with Crippen molar-refractivity contribution in [1.82, 2.24) is 9.55 Å². The van der Waals surface area contributed by atoms with E-state index < -0.39 is 5.69 Å². The number of H-pyrrole nitrogens is 1. The van der Waals surface area contributed by atoms with Crippen LogP contribution in [0.3, 0.4) is 0 Å². The second kappa shape index (κ2) is 6.15. The largest absolute Gasteiger partial charge is 0.329 e. The quantitative estimate of drug-likeness (QED) is 0.651. The van der Waals surface area contributed by atoms with Crippen molar-refractivity contribution in [2.24, 2.45) is 0 Å². The van der Waals surface area contributed by atoms with Crippen LogP contribution in [0.4, 0.5) is 0 Å². The van der Waals surface area contributed by atoms with E-state index in [9.17, 15) is 9.59 Å². The molecule has 1 rings (SSSR count). The van der Waals surface area contributed by atoms with E-state index in [0.717, 1.165) is 17.9 Å². The Kier molecular flexibility index (Phi) is 5.15. The predicted molar refractivity (Wildman–Crippen MR) is 68.7 cm³/mol. The molecule has 0 saturated carbocycles. The van der Waals surface area contributed by atoms with Crippen molar-refractivity contribution in [3.63, 3.8) is 0 Å². The highest BCUT2D eigenvalue weighted by Gasteiger charge is 2.10. The third-order valence-electron chi connectivity index (χ3n) is 2.26. The number of hydrogen-bond acceptors (Lipinski definition) is 3. The summed E-state index contributed by atoms with van der Waals surface area (Å²) in [5.41, 5.74) is -0.783. The molecule has 6 heteroatoms. The molecular weight excluding hydrogens is 248 g/mol. The van der Waals surface area contributed by atoms with Gasteiger partial charge in [0.05, 0.1) is 0 Å². The van der Waals surface area contributed by atoms with E-state index in [-0.39, 0.29) is 16.8 Å². The molecule has 90 valence electrons. The Morgan fingerprint density at radius 3 is 2.81 bits per heavy atom. The number of aromatic nitrogens is 2. The molecule has 0 aliphatic heterocycles. The minimum atomic E-state index is -0.438. The highest BCUT2D eigenvalue weighted by Crippen LogP contribution is 2.11. The Morgan fingerprint density at radius 2 is 2.25 bits per heavy atom. The topological polar surface area (TPSA) is 54.9 Å². The molecule has 1 aromatic heterocycles. The zero-order valence-electron chi connectivity index (χ0n) is 9.33. The van der Waals surface area contributed by atoms with E-state index in [1.807, 2.05) is 6.92 Å². The zero-order valence-corrected chi connectivity index (χ0v) is 10.9. The number of nitrogens with one attached hydrogen (secondary N) is 1. The van der Waals surface area contributed by atoms with E-state index in [1.54, 1.807) is 11.8 Å². The molecule has 0 bridgehead atoms. The summed E-state index contributed by atoms with van der Waals surface area (Å²) in [4.78, 5) is 25.6. The van der Waals surface area contributed by atoms with Gasteiger partial charge in [0, 0.05) is 12.1 Å². The van der Waals surface area contributed by atoms with Gasteiger partial charge in [-0.1, -0.05) is 18.5 Å². The molecule has 0 radical (unpaired) electrons. The Bertz CT molecular complexity index is 424. The lowest BCUT2D eigenvalue weighted by atomic mass is 10.2. The van der Waals surface area contributed by atoms with E-state index in [2.05, 4.69) is 11.9 Å². The lowest BCUT2D eigenvalue weighted by Gasteiger charge is -2.13. The number of thioether (sulfide) groups is 1. The van der Waals surface area contributed by atoms with Gasteiger partial charge in [-0.25, -0.2) is 4.79 Å². The van der Waals surface area contributed by atoms with Gasteiger partial charge in [0.1, 0.15) is 5.15 Å². The van der Waals surface area contributed by atoms with Crippen LogP contribution in [-0.2, 0) is 0 Å². The maximum absolute atomic E-state index is 11.6. The van der Waals surface area contributed by atoms with Gasteiger partial charge >= 0.3 is 5.69 Å². The predicted octanol–water partition coefficient (Wildman–Crippen LogP) is 1.89. The van der Waals surface area contributed by atoms with Crippen molar-refractivity contribution in [1.29, 1.82) is 0 Å². The number of rotatable bonds is 5. The van der Waals surface area contributed by atoms with Gasteiger partial charge in [0.15, 0.2) is 0 Å². The summed E-state index contributed by atoms with van der Waals surface area (Å²) in [6.45, 7) is 3.94. The third-order valence-corrected chi connectivity index (χ3v) is 3.39. The number of hydrogen-bond donors (Lipinski definition) is 1. The highest BCUT2D eigenvalue weighted by molar-refractivity contribution is 7.99. The second-order valence-electron chi connectivity index (χ2n) is 3.47. The monoisotopic (exact) mass is 262 g/mol. The van der Waals surface area contributed by atoms with Gasteiger partial charge < -0.3 is 0 Å². The normalized spacial score (nSPS) is 12.7. The molecule has 0 saturated heterocycles. The van der Waals surface area contributed by atoms with Gasteiger partial charge in [-0.15, -0.1) is 0 Å². The van der Waals surface area contributed by atoms with Gasteiger partial charge in [-0.05, 0) is 24.9 Å². The fourth-order valence-corrected chi connectivity index (χ4v) is 2.39. The van der Waals surface area contributed by atoms with E-state index in [4.69, 9.17) is 11.6 Å². The van der Waals surface area contributed by atoms with Crippen molar-refractivity contribution in [3.8, 4) is 0 Å². The lowest BCUT2D eigenvalue weighted by Crippen LogP contribution is -2.36. The van der Waals surface area contributed by atoms with Crippen LogP contribution in [-0.4, -0.2) is 21.1 Å². The van der Waals surface area contributed by atoms with Crippen LogP contribution in [0.1, 0.15) is 26.3 Å². The molecular formula is C10H15ClN2O2S. The van der Waals surface area contributed by atoms with Crippen LogP contribution in [0.5, 0.6) is 0 Å². The summed E-state index contributed by atoms with van der Waals surface area (Å²) in [6.07, 6.45) is 0.795. The second-order valence-corrected chi connectivity index (χ2v) is 5.27. The molecule has 1 atom stereocenters. The van der Waals surface area contributed by atoms with Gasteiger partial charge in [0.25, 0.3) is 5.56 Å². The molecule has 0 aliphatic carbocycles. The summed E-state index contributed by atoms with van der Waals surface area (Å²) in [6, 6.07) is 1.12. The van der Waals surface area contributed by atoms with Crippen molar-refractivity contribution >= 4 is 23.4 Å². The molecule has 1 N–H and O–H groups in total. The lowest BCUT2D eigenvalue weighted by molar-refractivity contribution is 0.493. The third kappa shape index (κ3) is 3.42. The Morgan fingerprint density at radius 1 is 1.56 bits per heavy atom. The average molecular weight is 263 g/mol. The SMILES string of the molecule is CCSCCC(C)n1c(=O)cc(Cl)[nH]c1=O. The Hall–Kier alpha value is -0.680. The molecule has 0 amide bonds. The van der Waals surface area contributed by atoms with Crippen molar-refractivity contribution in [2.45, 2.75) is 26.3 Å². The summed E-state index contributed by atoms with van der Waals surface area (Å²) in [5, 5.41) is 0.0846. The molecule has 1 aromatic rings. The van der Waals surface area contributed by atoms with Crippen LogP contribution in [0.15, 0.2) is 15.7 Å². The van der Waals surface area contributed by atoms with Crippen LogP contribution >= 0.6 is 23.4 Å². The smallest absolute Gasteiger partial charge is 0.298 e. The molecule has 1 unspecified atom stereocenters. The maximum atomic E-state index is 11.6. The average Bonchev–Trinajstić information content (AvgIpc) is 2.16. The first-order chi connectivity index (χ1) is 7.56. The summed E-state index contributed by atoms with van der Waals surface area (Å²) >= 11 is 7.37. The summed E-state index contributed by atoms with van der Waals surface area (Å²) in [5.74, 6) is 1.98. The zero-order chi connectivity index (χ0) is 12.1. The van der Waals surface area contributed by atoms with Gasteiger partial charge in [-0.2, -0.15) is 11.8 Å². The van der Waals surface area contributed by atoms with Crippen molar-refractivity contribution in [2.75, 3.05) is 11.5 Å². The first-order valence-electron chi connectivity index (χ1n) is 5.15. The molecule has 4 nitrogen and oxygen atoms in total. The fraction of sp³-hybridized carbons (Fsp3) is 0.600. The van der Waals surface area contributed by atoms with E-state index in [0.29, 0.717) is 0 Å². The minimum absolute atomic E-state index is 0.0846. The van der Waals surface area contributed by atoms with Crippen LogP contribution in [0.2, 0.25) is 5.15 Å². The molecule has 16 heavy (non-hydrogen) atoms. The van der Waals surface area contributed by atoms with Crippen molar-refractivity contribution in [3.05, 3.63) is 32.1 Å². The molecule has 0 aromatic carbocycles. The highest BCUT2D eigenvalue weighted by atomic mass is 35.5. The molecule has 1 heterocycles. The van der Waals surface area contributed by atoms with Crippen LogP contribution in [0.25, 0.3) is 0 Å². The first kappa shape index (κ1) is 13.4. The van der Waals surface area contributed by atoms with Crippen molar-refractivity contribution < 1.29 is 0 Å². The maximum Gasteiger partial charge on any atom is 0.329 e. The van der Waals surface area contributed by atoms with Crippen LogP contribution in [0, 0.1) is 0 Å². The molecule has 0 aliphatic rings. The van der Waals surface area contributed by atoms with E-state index >= 15 is 0 Å². The van der Waals surface area contributed by atoms with Gasteiger partial charge in [0.2, 0.25) is 0 Å². The molecule has 0 fully saturated rings. The van der Waals surface area contributed by atoms with E-state index in [1.165, 1.54) is 10.6 Å². The number of halogens is 1.